The van der Waals surface area contributed by atoms with Gasteiger partial charge in [0.05, 0.1) is 0 Å². The molecule has 1 aromatic rings. The van der Waals surface area contributed by atoms with Gasteiger partial charge >= 0.3 is 0 Å². The molecule has 0 amide bonds. The first-order chi connectivity index (χ1) is 7.34. The van der Waals surface area contributed by atoms with Crippen molar-refractivity contribution in [3.63, 3.8) is 0 Å². The summed E-state index contributed by atoms with van der Waals surface area (Å²) in [5.74, 6) is 1.49. The predicted molar refractivity (Wildman–Crippen MR) is 61.7 cm³/mol. The molecule has 0 spiro atoms. The van der Waals surface area contributed by atoms with Crippen molar-refractivity contribution in [3.8, 4) is 0 Å². The molecule has 2 heterocycles. The topological polar surface area (TPSA) is 24.9 Å². The van der Waals surface area contributed by atoms with Crippen molar-refractivity contribution >= 4 is 17.2 Å². The molecule has 78 valence electrons. The van der Waals surface area contributed by atoms with Crippen LogP contribution in [0, 0.1) is 11.8 Å². The molecule has 0 radical (unpaired) electrons. The zero-order chi connectivity index (χ0) is 10.3. The summed E-state index contributed by atoms with van der Waals surface area (Å²) in [5.41, 5.74) is 2.68. The van der Waals surface area contributed by atoms with Crippen LogP contribution in [0.25, 0.3) is 5.57 Å². The summed E-state index contributed by atoms with van der Waals surface area (Å²) >= 11 is 5.79. The Bertz CT molecular complexity index is 397. The lowest BCUT2D eigenvalue weighted by molar-refractivity contribution is 0.542. The van der Waals surface area contributed by atoms with Crippen molar-refractivity contribution in [1.29, 1.82) is 0 Å². The summed E-state index contributed by atoms with van der Waals surface area (Å²) in [6.45, 7) is 2.27. The van der Waals surface area contributed by atoms with Crippen molar-refractivity contribution in [2.45, 2.75) is 6.42 Å². The highest BCUT2D eigenvalue weighted by Crippen LogP contribution is 2.39. The smallest absolute Gasteiger partial charge is 0.129 e. The van der Waals surface area contributed by atoms with Gasteiger partial charge in [0.25, 0.3) is 0 Å². The number of rotatable bonds is 1. The molecule has 1 aliphatic carbocycles. The van der Waals surface area contributed by atoms with E-state index in [9.17, 15) is 0 Å². The first-order valence-electron chi connectivity index (χ1n) is 5.37. The van der Waals surface area contributed by atoms with E-state index in [-0.39, 0.29) is 0 Å². The minimum atomic E-state index is 0.568. The van der Waals surface area contributed by atoms with Crippen LogP contribution in [0.3, 0.4) is 0 Å². The highest BCUT2D eigenvalue weighted by molar-refractivity contribution is 6.29. The molecule has 1 N–H and O–H groups in total. The Morgan fingerprint density at radius 1 is 1.33 bits per heavy atom. The molecule has 3 heteroatoms. The second-order valence-electron chi connectivity index (χ2n) is 4.29. The molecule has 3 rings (SSSR count). The van der Waals surface area contributed by atoms with Crippen LogP contribution in [0.15, 0.2) is 24.4 Å². The summed E-state index contributed by atoms with van der Waals surface area (Å²) in [6.07, 6.45) is 5.45. The van der Waals surface area contributed by atoms with Gasteiger partial charge in [-0.1, -0.05) is 23.7 Å². The van der Waals surface area contributed by atoms with Gasteiger partial charge in [-0.2, -0.15) is 0 Å². The Hall–Kier alpha value is -0.860. The van der Waals surface area contributed by atoms with Crippen molar-refractivity contribution in [3.05, 3.63) is 35.1 Å². The molecule has 0 unspecified atom stereocenters. The Kier molecular flexibility index (Phi) is 2.26. The van der Waals surface area contributed by atoms with Crippen molar-refractivity contribution in [2.75, 3.05) is 13.1 Å². The van der Waals surface area contributed by atoms with Crippen LogP contribution in [-0.2, 0) is 0 Å². The van der Waals surface area contributed by atoms with Crippen LogP contribution in [0.2, 0.25) is 5.15 Å². The molecular formula is C12H13ClN2. The molecule has 1 aliphatic heterocycles. The van der Waals surface area contributed by atoms with Crippen LogP contribution in [-0.4, -0.2) is 18.1 Å². The Morgan fingerprint density at radius 3 is 3.07 bits per heavy atom. The van der Waals surface area contributed by atoms with Gasteiger partial charge in [0, 0.05) is 18.7 Å². The molecule has 1 saturated heterocycles. The third-order valence-electron chi connectivity index (χ3n) is 3.44. The number of hydrogen-bond donors (Lipinski definition) is 1. The van der Waals surface area contributed by atoms with E-state index in [0.29, 0.717) is 11.1 Å². The lowest BCUT2D eigenvalue weighted by atomic mass is 9.91. The molecule has 2 atom stereocenters. The lowest BCUT2D eigenvalue weighted by Gasteiger charge is -2.12. The minimum absolute atomic E-state index is 0.568. The molecule has 15 heavy (non-hydrogen) atoms. The monoisotopic (exact) mass is 220 g/mol. The quantitative estimate of drug-likeness (QED) is 0.735. The first-order valence-corrected chi connectivity index (χ1v) is 5.75. The molecule has 0 bridgehead atoms. The van der Waals surface area contributed by atoms with E-state index in [2.05, 4.69) is 22.4 Å². The maximum Gasteiger partial charge on any atom is 0.129 e. The summed E-state index contributed by atoms with van der Waals surface area (Å²) < 4.78 is 0. The standard InChI is InChI=1S/C12H13ClN2/c13-12-4-2-9(6-15-12)10-3-1-8-5-14-7-11(8)10/h2-4,6,8,11,14H,1,5,7H2/t8-,11+/m0/s1. The van der Waals surface area contributed by atoms with Crippen molar-refractivity contribution in [2.24, 2.45) is 11.8 Å². The van der Waals surface area contributed by atoms with Gasteiger partial charge in [0.1, 0.15) is 5.15 Å². The van der Waals surface area contributed by atoms with Crippen LogP contribution in [0.4, 0.5) is 0 Å². The van der Waals surface area contributed by atoms with E-state index in [1.807, 2.05) is 12.3 Å². The normalized spacial score (nSPS) is 29.0. The molecule has 1 aromatic heterocycles. The minimum Gasteiger partial charge on any atom is -0.316 e. The number of fused-ring (bicyclic) bond motifs is 1. The van der Waals surface area contributed by atoms with E-state index in [1.165, 1.54) is 17.6 Å². The summed E-state index contributed by atoms with van der Waals surface area (Å²) in [6, 6.07) is 3.94. The highest BCUT2D eigenvalue weighted by atomic mass is 35.5. The maximum absolute atomic E-state index is 5.79. The van der Waals surface area contributed by atoms with Crippen LogP contribution in [0.5, 0.6) is 0 Å². The van der Waals surface area contributed by atoms with E-state index < -0.39 is 0 Å². The number of pyridine rings is 1. The van der Waals surface area contributed by atoms with E-state index in [4.69, 9.17) is 11.6 Å². The van der Waals surface area contributed by atoms with E-state index in [0.717, 1.165) is 19.0 Å². The second kappa shape index (κ2) is 3.62. The number of nitrogens with one attached hydrogen (secondary N) is 1. The lowest BCUT2D eigenvalue weighted by Crippen LogP contribution is -2.09. The number of aromatic nitrogens is 1. The molecular weight excluding hydrogens is 208 g/mol. The van der Waals surface area contributed by atoms with Crippen LogP contribution < -0.4 is 5.32 Å². The average molecular weight is 221 g/mol. The van der Waals surface area contributed by atoms with Gasteiger partial charge in [0.2, 0.25) is 0 Å². The maximum atomic E-state index is 5.79. The van der Waals surface area contributed by atoms with Gasteiger partial charge in [-0.25, -0.2) is 4.98 Å². The Balaban J connectivity index is 1.91. The molecule has 0 aromatic carbocycles. The second-order valence-corrected chi connectivity index (χ2v) is 4.68. The average Bonchev–Trinajstić information content (AvgIpc) is 2.80. The Morgan fingerprint density at radius 2 is 2.27 bits per heavy atom. The largest absolute Gasteiger partial charge is 0.316 e. The fourth-order valence-corrected chi connectivity index (χ4v) is 2.76. The summed E-state index contributed by atoms with van der Waals surface area (Å²) in [4.78, 5) is 4.14. The predicted octanol–water partition coefficient (Wildman–Crippen LogP) is 2.36. The zero-order valence-corrected chi connectivity index (χ0v) is 9.17. The number of allylic oxidation sites excluding steroid dienone is 1. The van der Waals surface area contributed by atoms with Gasteiger partial charge < -0.3 is 5.32 Å². The highest BCUT2D eigenvalue weighted by Gasteiger charge is 2.33. The van der Waals surface area contributed by atoms with E-state index >= 15 is 0 Å². The van der Waals surface area contributed by atoms with Gasteiger partial charge in [0.15, 0.2) is 0 Å². The van der Waals surface area contributed by atoms with Gasteiger partial charge in [-0.15, -0.1) is 0 Å². The SMILES string of the molecule is Clc1ccc(C2=CC[C@H]3CNC[C@@H]23)cn1. The third kappa shape index (κ3) is 1.58. The van der Waals surface area contributed by atoms with E-state index in [1.54, 1.807) is 0 Å². The third-order valence-corrected chi connectivity index (χ3v) is 3.66. The number of nitrogens with zero attached hydrogens (tertiary/aromatic N) is 1. The first kappa shape index (κ1) is 9.37. The Labute approximate surface area is 94.4 Å². The fourth-order valence-electron chi connectivity index (χ4n) is 2.65. The molecule has 2 nitrogen and oxygen atoms in total. The number of hydrogen-bond acceptors (Lipinski definition) is 2. The molecule has 1 fully saturated rings. The fraction of sp³-hybridized carbons (Fsp3) is 0.417. The van der Waals surface area contributed by atoms with Crippen LogP contribution in [0.1, 0.15) is 12.0 Å². The molecule has 0 saturated carbocycles. The van der Waals surface area contributed by atoms with Crippen molar-refractivity contribution in [1.82, 2.24) is 10.3 Å². The summed E-state index contributed by atoms with van der Waals surface area (Å²) in [5, 5.41) is 4.02. The van der Waals surface area contributed by atoms with Gasteiger partial charge in [-0.3, -0.25) is 0 Å². The summed E-state index contributed by atoms with van der Waals surface area (Å²) in [7, 11) is 0. The zero-order valence-electron chi connectivity index (χ0n) is 8.41. The van der Waals surface area contributed by atoms with Crippen molar-refractivity contribution < 1.29 is 0 Å². The molecule has 2 aliphatic rings. The van der Waals surface area contributed by atoms with Gasteiger partial charge in [-0.05, 0) is 36.1 Å². The van der Waals surface area contributed by atoms with Crippen LogP contribution >= 0.6 is 11.6 Å². The number of halogens is 1.